The number of hydrogen-bond donors (Lipinski definition) is 2. The van der Waals surface area contributed by atoms with Crippen molar-refractivity contribution < 1.29 is 9.90 Å². The van der Waals surface area contributed by atoms with Crippen LogP contribution in [0.2, 0.25) is 0 Å². The van der Waals surface area contributed by atoms with E-state index in [-0.39, 0.29) is 24.7 Å². The van der Waals surface area contributed by atoms with Gasteiger partial charge in [0.05, 0.1) is 29.4 Å². The number of rotatable bonds is 4. The van der Waals surface area contributed by atoms with Crippen molar-refractivity contribution in [3.05, 3.63) is 16.1 Å². The Morgan fingerprint density at radius 3 is 3.16 bits per heavy atom. The highest BCUT2D eigenvalue weighted by Gasteiger charge is 2.29. The maximum atomic E-state index is 12.2. The lowest BCUT2D eigenvalue weighted by atomic mass is 10.2. The van der Waals surface area contributed by atoms with E-state index >= 15 is 0 Å². The Kier molecular flexibility index (Phi) is 4.76. The zero-order valence-corrected chi connectivity index (χ0v) is 12.2. The summed E-state index contributed by atoms with van der Waals surface area (Å²) in [6.07, 6.45) is 2.77. The van der Waals surface area contributed by atoms with Crippen molar-refractivity contribution in [3.8, 4) is 0 Å². The molecule has 0 aliphatic carbocycles. The van der Waals surface area contributed by atoms with Gasteiger partial charge >= 0.3 is 6.03 Å². The molecule has 0 spiro atoms. The Balaban J connectivity index is 1.94. The number of likely N-dealkylation sites (tertiary alicyclic amines) is 1. The molecule has 5 nitrogen and oxygen atoms in total. The van der Waals surface area contributed by atoms with Gasteiger partial charge in [0, 0.05) is 11.9 Å². The summed E-state index contributed by atoms with van der Waals surface area (Å²) in [5.41, 5.74) is 0.912. The summed E-state index contributed by atoms with van der Waals surface area (Å²) in [5, 5.41) is 15.3. The predicted molar refractivity (Wildman–Crippen MR) is 75.3 cm³/mol. The first-order valence-corrected chi connectivity index (χ1v) is 7.66. The summed E-state index contributed by atoms with van der Waals surface area (Å²) in [7, 11) is 0. The Labute approximate surface area is 117 Å². The monoisotopic (exact) mass is 283 g/mol. The molecule has 2 atom stereocenters. The highest BCUT2D eigenvalue weighted by molar-refractivity contribution is 7.09. The second-order valence-corrected chi connectivity index (χ2v) is 5.81. The van der Waals surface area contributed by atoms with Gasteiger partial charge in [-0.1, -0.05) is 6.92 Å². The summed E-state index contributed by atoms with van der Waals surface area (Å²) in [6.45, 7) is 4.78. The molecule has 0 radical (unpaired) electrons. The van der Waals surface area contributed by atoms with Gasteiger partial charge in [-0.05, 0) is 26.2 Å². The van der Waals surface area contributed by atoms with Gasteiger partial charge in [-0.15, -0.1) is 11.3 Å². The molecule has 1 aliphatic rings. The number of aryl methyl sites for hydroxylation is 1. The van der Waals surface area contributed by atoms with E-state index in [9.17, 15) is 9.90 Å². The zero-order chi connectivity index (χ0) is 13.8. The van der Waals surface area contributed by atoms with E-state index in [2.05, 4.69) is 17.2 Å². The molecule has 0 saturated carbocycles. The third kappa shape index (κ3) is 3.25. The van der Waals surface area contributed by atoms with Crippen LogP contribution >= 0.6 is 11.3 Å². The van der Waals surface area contributed by atoms with Crippen LogP contribution in [0.25, 0.3) is 0 Å². The van der Waals surface area contributed by atoms with Crippen LogP contribution in [-0.4, -0.2) is 40.2 Å². The number of aliphatic hydroxyl groups is 1. The summed E-state index contributed by atoms with van der Waals surface area (Å²) < 4.78 is 0. The van der Waals surface area contributed by atoms with Gasteiger partial charge in [-0.25, -0.2) is 9.78 Å². The number of aliphatic hydroxyl groups excluding tert-OH is 1. The van der Waals surface area contributed by atoms with Gasteiger partial charge in [0.2, 0.25) is 0 Å². The van der Waals surface area contributed by atoms with Crippen LogP contribution in [0.4, 0.5) is 4.79 Å². The van der Waals surface area contributed by atoms with E-state index in [1.165, 1.54) is 0 Å². The number of carbonyl (C=O) groups is 1. The quantitative estimate of drug-likeness (QED) is 0.887. The molecule has 2 N–H and O–H groups in total. The fourth-order valence-corrected chi connectivity index (χ4v) is 3.16. The summed E-state index contributed by atoms with van der Waals surface area (Å²) in [5.74, 6) is 0. The minimum Gasteiger partial charge on any atom is -0.394 e. The Morgan fingerprint density at radius 2 is 2.53 bits per heavy atom. The minimum absolute atomic E-state index is 0.0335. The van der Waals surface area contributed by atoms with Crippen LogP contribution in [0.5, 0.6) is 0 Å². The van der Waals surface area contributed by atoms with Gasteiger partial charge in [0.25, 0.3) is 0 Å². The number of amides is 2. The van der Waals surface area contributed by atoms with E-state index in [1.54, 1.807) is 16.2 Å². The molecular formula is C13H21N3O2S. The number of nitrogens with zero attached hydrogens (tertiary/aromatic N) is 2. The summed E-state index contributed by atoms with van der Waals surface area (Å²) in [6, 6.07) is -0.229. The SMILES string of the molecule is CCc1nc(C(C)NC(=O)N2CCC[C@H]2CO)cs1. The average molecular weight is 283 g/mol. The van der Waals surface area contributed by atoms with Crippen molar-refractivity contribution in [3.63, 3.8) is 0 Å². The first-order chi connectivity index (χ1) is 9.15. The lowest BCUT2D eigenvalue weighted by Gasteiger charge is -2.25. The van der Waals surface area contributed by atoms with Crippen molar-refractivity contribution in [2.45, 2.75) is 45.2 Å². The molecule has 1 fully saturated rings. The summed E-state index contributed by atoms with van der Waals surface area (Å²) >= 11 is 1.63. The second kappa shape index (κ2) is 6.34. The van der Waals surface area contributed by atoms with Crippen LogP contribution in [0.3, 0.4) is 0 Å². The van der Waals surface area contributed by atoms with Crippen molar-refractivity contribution in [1.82, 2.24) is 15.2 Å². The maximum absolute atomic E-state index is 12.2. The second-order valence-electron chi connectivity index (χ2n) is 4.86. The van der Waals surface area contributed by atoms with Crippen molar-refractivity contribution in [2.24, 2.45) is 0 Å². The largest absolute Gasteiger partial charge is 0.394 e. The van der Waals surface area contributed by atoms with Crippen molar-refractivity contribution in [1.29, 1.82) is 0 Å². The molecule has 2 amide bonds. The molecule has 0 aromatic carbocycles. The number of thiazole rings is 1. The standard InChI is InChI=1S/C13H21N3O2S/c1-3-12-15-11(8-19-12)9(2)14-13(18)16-6-4-5-10(16)7-17/h8-10,17H,3-7H2,1-2H3,(H,14,18)/t9?,10-/m0/s1. The van der Waals surface area contributed by atoms with Gasteiger partial charge < -0.3 is 15.3 Å². The van der Waals surface area contributed by atoms with Crippen LogP contribution in [0.1, 0.15) is 43.4 Å². The predicted octanol–water partition coefficient (Wildman–Crippen LogP) is 1.93. The number of hydrogen-bond acceptors (Lipinski definition) is 4. The minimum atomic E-state index is -0.102. The molecular weight excluding hydrogens is 262 g/mol. The lowest BCUT2D eigenvalue weighted by Crippen LogP contribution is -2.44. The molecule has 106 valence electrons. The van der Waals surface area contributed by atoms with E-state index in [0.717, 1.165) is 36.5 Å². The number of urea groups is 1. The van der Waals surface area contributed by atoms with E-state index in [1.807, 2.05) is 12.3 Å². The van der Waals surface area contributed by atoms with Gasteiger partial charge in [-0.2, -0.15) is 0 Å². The number of nitrogens with one attached hydrogen (secondary N) is 1. The molecule has 1 saturated heterocycles. The molecule has 2 rings (SSSR count). The number of carbonyl (C=O) groups excluding carboxylic acids is 1. The average Bonchev–Trinajstić information content (AvgIpc) is 3.07. The number of aromatic nitrogens is 1. The molecule has 1 aromatic rings. The van der Waals surface area contributed by atoms with Crippen LogP contribution in [0.15, 0.2) is 5.38 Å². The molecule has 6 heteroatoms. The fourth-order valence-electron chi connectivity index (χ4n) is 2.32. The molecule has 2 heterocycles. The van der Waals surface area contributed by atoms with Crippen molar-refractivity contribution in [2.75, 3.05) is 13.2 Å². The molecule has 1 aromatic heterocycles. The Hall–Kier alpha value is -1.14. The highest BCUT2D eigenvalue weighted by atomic mass is 32.1. The summed E-state index contributed by atoms with van der Waals surface area (Å²) in [4.78, 5) is 18.4. The third-order valence-electron chi connectivity index (χ3n) is 3.50. The lowest BCUT2D eigenvalue weighted by molar-refractivity contribution is 0.155. The Morgan fingerprint density at radius 1 is 1.74 bits per heavy atom. The smallest absolute Gasteiger partial charge is 0.318 e. The van der Waals surface area contributed by atoms with Crippen LogP contribution in [0, 0.1) is 0 Å². The van der Waals surface area contributed by atoms with Crippen LogP contribution in [-0.2, 0) is 6.42 Å². The fraction of sp³-hybridized carbons (Fsp3) is 0.692. The topological polar surface area (TPSA) is 65.5 Å². The maximum Gasteiger partial charge on any atom is 0.318 e. The van der Waals surface area contributed by atoms with Gasteiger partial charge in [-0.3, -0.25) is 0 Å². The third-order valence-corrected chi connectivity index (χ3v) is 4.52. The first kappa shape index (κ1) is 14.3. The molecule has 19 heavy (non-hydrogen) atoms. The zero-order valence-electron chi connectivity index (χ0n) is 11.4. The molecule has 0 bridgehead atoms. The van der Waals surface area contributed by atoms with Crippen molar-refractivity contribution >= 4 is 17.4 Å². The Bertz CT molecular complexity index is 435. The normalized spacial score (nSPS) is 20.6. The first-order valence-electron chi connectivity index (χ1n) is 6.78. The molecule has 1 unspecified atom stereocenters. The van der Waals surface area contributed by atoms with Gasteiger partial charge in [0.1, 0.15) is 0 Å². The molecule has 1 aliphatic heterocycles. The van der Waals surface area contributed by atoms with E-state index < -0.39 is 0 Å². The van der Waals surface area contributed by atoms with E-state index in [0.29, 0.717) is 0 Å². The van der Waals surface area contributed by atoms with E-state index in [4.69, 9.17) is 0 Å². The van der Waals surface area contributed by atoms with Crippen LogP contribution < -0.4 is 5.32 Å². The van der Waals surface area contributed by atoms with Gasteiger partial charge in [0.15, 0.2) is 0 Å². The highest BCUT2D eigenvalue weighted by Crippen LogP contribution is 2.20.